The lowest BCUT2D eigenvalue weighted by molar-refractivity contribution is 0.0991. The van der Waals surface area contributed by atoms with E-state index in [2.05, 4.69) is 11.6 Å². The summed E-state index contributed by atoms with van der Waals surface area (Å²) in [7, 11) is 0. The van der Waals surface area contributed by atoms with Gasteiger partial charge in [-0.25, -0.2) is 4.98 Å². The van der Waals surface area contributed by atoms with E-state index in [1.807, 2.05) is 19.9 Å². The second-order valence-corrected chi connectivity index (χ2v) is 4.27. The molecule has 0 radical (unpaired) electrons. The van der Waals surface area contributed by atoms with E-state index in [0.717, 1.165) is 30.4 Å². The Kier molecular flexibility index (Phi) is 5.36. The number of nitrogens with two attached hydrogens (primary N) is 1. The molecular weight excluding hydrogens is 228 g/mol. The van der Waals surface area contributed by atoms with Gasteiger partial charge in [-0.1, -0.05) is 12.5 Å². The van der Waals surface area contributed by atoms with Gasteiger partial charge in [0.1, 0.15) is 0 Å². The van der Waals surface area contributed by atoms with Gasteiger partial charge in [-0.2, -0.15) is 0 Å². The van der Waals surface area contributed by atoms with Crippen molar-refractivity contribution in [2.24, 2.45) is 5.73 Å². The van der Waals surface area contributed by atoms with Crippen LogP contribution in [0.3, 0.4) is 0 Å². The molecule has 0 spiro atoms. The number of carbonyl (C=O) groups excluding carboxylic acids is 1. The van der Waals surface area contributed by atoms with E-state index in [1.165, 1.54) is 0 Å². The molecule has 0 aliphatic heterocycles. The lowest BCUT2D eigenvalue weighted by atomic mass is 10.1. The highest BCUT2D eigenvalue weighted by atomic mass is 16.5. The van der Waals surface area contributed by atoms with Gasteiger partial charge in [0.25, 0.3) is 5.91 Å². The van der Waals surface area contributed by atoms with E-state index in [9.17, 15) is 4.79 Å². The normalized spacial score (nSPS) is 10.1. The summed E-state index contributed by atoms with van der Waals surface area (Å²) in [6.07, 6.45) is 4.14. The highest BCUT2D eigenvalue weighted by molar-refractivity contribution is 5.93. The molecule has 2 N–H and O–H groups in total. The number of aromatic nitrogens is 1. The zero-order chi connectivity index (χ0) is 13.5. The number of allylic oxidation sites excluding steroid dienone is 1. The highest BCUT2D eigenvalue weighted by Crippen LogP contribution is 2.22. The third kappa shape index (κ3) is 3.87. The van der Waals surface area contributed by atoms with Crippen LogP contribution in [0.4, 0.5) is 0 Å². The Hall–Kier alpha value is -1.84. The van der Waals surface area contributed by atoms with Crippen LogP contribution in [0, 0.1) is 0 Å². The highest BCUT2D eigenvalue weighted by Gasteiger charge is 2.14. The molecule has 1 rings (SSSR count). The van der Waals surface area contributed by atoms with Crippen molar-refractivity contribution in [2.45, 2.75) is 33.1 Å². The number of aryl methyl sites for hydroxylation is 1. The van der Waals surface area contributed by atoms with Gasteiger partial charge in [0.2, 0.25) is 0 Å². The maximum atomic E-state index is 11.3. The molecule has 0 aliphatic rings. The Labute approximate surface area is 108 Å². The van der Waals surface area contributed by atoms with Crippen molar-refractivity contribution in [3.63, 3.8) is 0 Å². The first kappa shape index (κ1) is 14.2. The standard InChI is InChI=1S/C14H20N2O2/c1-4-11-7-8-16-12(14(15)17)13(11)18-9-5-6-10(2)3/h7-8H,2,4-6,9H2,1,3H3,(H2,15,17). The molecule has 98 valence electrons. The number of primary amides is 1. The summed E-state index contributed by atoms with van der Waals surface area (Å²) >= 11 is 0. The van der Waals surface area contributed by atoms with E-state index in [0.29, 0.717) is 12.4 Å². The fourth-order valence-corrected chi connectivity index (χ4v) is 1.65. The van der Waals surface area contributed by atoms with Crippen LogP contribution in [0.1, 0.15) is 42.7 Å². The van der Waals surface area contributed by atoms with Crippen molar-refractivity contribution in [3.05, 3.63) is 35.7 Å². The van der Waals surface area contributed by atoms with Crippen molar-refractivity contribution in [1.29, 1.82) is 0 Å². The van der Waals surface area contributed by atoms with E-state index in [4.69, 9.17) is 10.5 Å². The van der Waals surface area contributed by atoms with Gasteiger partial charge in [-0.15, -0.1) is 6.58 Å². The molecule has 1 aromatic rings. The van der Waals surface area contributed by atoms with Crippen LogP contribution < -0.4 is 10.5 Å². The molecule has 1 amide bonds. The summed E-state index contributed by atoms with van der Waals surface area (Å²) in [5.41, 5.74) is 7.58. The summed E-state index contributed by atoms with van der Waals surface area (Å²) in [4.78, 5) is 15.3. The number of rotatable bonds is 7. The average molecular weight is 248 g/mol. The smallest absolute Gasteiger partial charge is 0.271 e. The van der Waals surface area contributed by atoms with Gasteiger partial charge in [-0.05, 0) is 37.8 Å². The van der Waals surface area contributed by atoms with Crippen LogP contribution in [-0.2, 0) is 6.42 Å². The maximum Gasteiger partial charge on any atom is 0.271 e. The van der Waals surface area contributed by atoms with Crippen LogP contribution in [0.5, 0.6) is 5.75 Å². The number of nitrogens with zero attached hydrogens (tertiary/aromatic N) is 1. The molecule has 0 bridgehead atoms. The lowest BCUT2D eigenvalue weighted by Gasteiger charge is -2.12. The Morgan fingerprint density at radius 1 is 1.56 bits per heavy atom. The molecule has 0 atom stereocenters. The van der Waals surface area contributed by atoms with E-state index in [-0.39, 0.29) is 5.69 Å². The number of hydrogen-bond acceptors (Lipinski definition) is 3. The minimum Gasteiger partial charge on any atom is -0.491 e. The van der Waals surface area contributed by atoms with Gasteiger partial charge in [0.15, 0.2) is 11.4 Å². The molecule has 18 heavy (non-hydrogen) atoms. The van der Waals surface area contributed by atoms with Crippen LogP contribution in [0.2, 0.25) is 0 Å². The second kappa shape index (κ2) is 6.79. The fraction of sp³-hybridized carbons (Fsp3) is 0.429. The number of ether oxygens (including phenoxy) is 1. The van der Waals surface area contributed by atoms with Crippen LogP contribution in [0.25, 0.3) is 0 Å². The third-order valence-electron chi connectivity index (χ3n) is 2.59. The third-order valence-corrected chi connectivity index (χ3v) is 2.59. The van der Waals surface area contributed by atoms with Gasteiger partial charge in [0, 0.05) is 6.20 Å². The number of pyridine rings is 1. The van der Waals surface area contributed by atoms with Crippen LogP contribution in [0.15, 0.2) is 24.4 Å². The predicted molar refractivity (Wildman–Crippen MR) is 71.7 cm³/mol. The van der Waals surface area contributed by atoms with Gasteiger partial charge in [0.05, 0.1) is 6.61 Å². The van der Waals surface area contributed by atoms with Crippen molar-refractivity contribution >= 4 is 5.91 Å². The van der Waals surface area contributed by atoms with Crippen molar-refractivity contribution in [3.8, 4) is 5.75 Å². The van der Waals surface area contributed by atoms with Crippen LogP contribution in [-0.4, -0.2) is 17.5 Å². The zero-order valence-corrected chi connectivity index (χ0v) is 11.0. The van der Waals surface area contributed by atoms with Gasteiger partial charge in [-0.3, -0.25) is 4.79 Å². The Morgan fingerprint density at radius 3 is 2.83 bits per heavy atom. The molecule has 1 heterocycles. The monoisotopic (exact) mass is 248 g/mol. The van der Waals surface area contributed by atoms with E-state index in [1.54, 1.807) is 6.20 Å². The van der Waals surface area contributed by atoms with Crippen molar-refractivity contribution < 1.29 is 9.53 Å². The summed E-state index contributed by atoms with van der Waals surface area (Å²) in [5.74, 6) is -0.0329. The topological polar surface area (TPSA) is 65.2 Å². The SMILES string of the molecule is C=C(C)CCCOc1c(CC)ccnc1C(N)=O. The minimum absolute atomic E-state index is 0.213. The predicted octanol–water partition coefficient (Wildman–Crippen LogP) is 2.48. The number of hydrogen-bond donors (Lipinski definition) is 1. The number of carbonyl (C=O) groups is 1. The molecule has 4 heteroatoms. The average Bonchev–Trinajstić information content (AvgIpc) is 2.33. The van der Waals surface area contributed by atoms with E-state index < -0.39 is 5.91 Å². The Morgan fingerprint density at radius 2 is 2.28 bits per heavy atom. The zero-order valence-electron chi connectivity index (χ0n) is 11.0. The van der Waals surface area contributed by atoms with Gasteiger partial charge < -0.3 is 10.5 Å². The lowest BCUT2D eigenvalue weighted by Crippen LogP contribution is -2.16. The Balaban J connectivity index is 2.78. The van der Waals surface area contributed by atoms with Gasteiger partial charge >= 0.3 is 0 Å². The molecule has 0 saturated heterocycles. The maximum absolute atomic E-state index is 11.3. The Bertz CT molecular complexity index is 441. The second-order valence-electron chi connectivity index (χ2n) is 4.27. The first-order chi connectivity index (χ1) is 8.56. The molecular formula is C14H20N2O2. The summed E-state index contributed by atoms with van der Waals surface area (Å²) in [6, 6.07) is 1.85. The molecule has 0 fully saturated rings. The quantitative estimate of drug-likeness (QED) is 0.595. The fourth-order valence-electron chi connectivity index (χ4n) is 1.65. The molecule has 0 aromatic carbocycles. The summed E-state index contributed by atoms with van der Waals surface area (Å²) < 4.78 is 5.67. The summed E-state index contributed by atoms with van der Waals surface area (Å²) in [6.45, 7) is 8.35. The molecule has 0 saturated carbocycles. The summed E-state index contributed by atoms with van der Waals surface area (Å²) in [5, 5.41) is 0. The number of amides is 1. The first-order valence-electron chi connectivity index (χ1n) is 6.11. The molecule has 0 aliphatic carbocycles. The van der Waals surface area contributed by atoms with E-state index >= 15 is 0 Å². The minimum atomic E-state index is -0.555. The first-order valence-corrected chi connectivity index (χ1v) is 6.11. The molecule has 4 nitrogen and oxygen atoms in total. The van der Waals surface area contributed by atoms with Crippen LogP contribution >= 0.6 is 0 Å². The van der Waals surface area contributed by atoms with Crippen molar-refractivity contribution in [2.75, 3.05) is 6.61 Å². The van der Waals surface area contributed by atoms with Crippen molar-refractivity contribution in [1.82, 2.24) is 4.98 Å². The largest absolute Gasteiger partial charge is 0.491 e. The molecule has 0 unspecified atom stereocenters. The molecule has 1 aromatic heterocycles.